The lowest BCUT2D eigenvalue weighted by Crippen LogP contribution is -2.43. The van der Waals surface area contributed by atoms with Gasteiger partial charge in [0.15, 0.2) is 15.6 Å². The number of ether oxygens (including phenoxy) is 3. The number of piperidine rings is 1. The summed E-state index contributed by atoms with van der Waals surface area (Å²) in [6.45, 7) is 5.92. The summed E-state index contributed by atoms with van der Waals surface area (Å²) in [4.78, 5) is 2.48. The Morgan fingerprint density at radius 2 is 1.87 bits per heavy atom. The molecule has 0 saturated carbocycles. The van der Waals surface area contributed by atoms with Crippen LogP contribution >= 0.6 is 0 Å². The highest BCUT2D eigenvalue weighted by Crippen LogP contribution is 2.32. The highest BCUT2D eigenvalue weighted by atomic mass is 32.2. The van der Waals surface area contributed by atoms with Crippen molar-refractivity contribution in [2.45, 2.75) is 62.2 Å². The summed E-state index contributed by atoms with van der Waals surface area (Å²) in [6, 6.07) is 11.6. The van der Waals surface area contributed by atoms with Crippen LogP contribution in [0.3, 0.4) is 0 Å². The van der Waals surface area contributed by atoms with Gasteiger partial charge in [0.1, 0.15) is 12.3 Å². The largest absolute Gasteiger partial charge is 0.495 e. The Morgan fingerprint density at radius 3 is 2.51 bits per heavy atom. The zero-order chi connectivity index (χ0) is 32.4. The summed E-state index contributed by atoms with van der Waals surface area (Å²) in [5.41, 5.74) is 1.99. The normalized spacial score (nSPS) is 19.3. The van der Waals surface area contributed by atoms with E-state index in [9.17, 15) is 21.6 Å². The second-order valence-electron chi connectivity index (χ2n) is 11.9. The van der Waals surface area contributed by atoms with Gasteiger partial charge in [-0.3, -0.25) is 0 Å². The summed E-state index contributed by atoms with van der Waals surface area (Å²) in [6.07, 6.45) is -1.50. The number of anilines is 2. The van der Waals surface area contributed by atoms with Gasteiger partial charge in [-0.05, 0) is 62.9 Å². The number of sulfone groups is 1. The lowest BCUT2D eigenvalue weighted by atomic mass is 10.0. The first kappa shape index (κ1) is 32.9. The SMILES string of the molecule is COc1cc(S(C)(=O)=O)ccc1NCC#Cc1cc2c(NC3CCN(C[C@@H]4COC(C)(C)O4)CC3)cccc2n1CC(F)(F)F. The molecule has 2 saturated heterocycles. The van der Waals surface area contributed by atoms with E-state index in [0.717, 1.165) is 44.4 Å². The van der Waals surface area contributed by atoms with Gasteiger partial charge in [-0.25, -0.2) is 8.42 Å². The molecule has 0 aliphatic carbocycles. The number of alkyl halides is 3. The van der Waals surface area contributed by atoms with Crippen LogP contribution in [0.1, 0.15) is 32.4 Å². The maximum absolute atomic E-state index is 13.7. The van der Waals surface area contributed by atoms with Gasteiger partial charge in [0, 0.05) is 49.1 Å². The van der Waals surface area contributed by atoms with Crippen LogP contribution in [0.5, 0.6) is 5.75 Å². The number of fused-ring (bicyclic) bond motifs is 1. The minimum Gasteiger partial charge on any atom is -0.495 e. The third-order valence-corrected chi connectivity index (χ3v) is 9.05. The number of aromatic nitrogens is 1. The highest BCUT2D eigenvalue weighted by molar-refractivity contribution is 7.90. The number of nitrogens with one attached hydrogen (secondary N) is 2. The molecule has 2 fully saturated rings. The number of halogens is 3. The third-order valence-electron chi connectivity index (χ3n) is 7.94. The fourth-order valence-electron chi connectivity index (χ4n) is 5.81. The van der Waals surface area contributed by atoms with Crippen molar-refractivity contribution < 1.29 is 35.8 Å². The van der Waals surface area contributed by atoms with E-state index in [1.54, 1.807) is 24.3 Å². The quantitative estimate of drug-likeness (QED) is 0.310. The predicted molar refractivity (Wildman–Crippen MR) is 167 cm³/mol. The molecule has 3 aromatic rings. The van der Waals surface area contributed by atoms with Crippen molar-refractivity contribution >= 4 is 32.1 Å². The van der Waals surface area contributed by atoms with Gasteiger partial charge >= 0.3 is 6.18 Å². The Morgan fingerprint density at radius 1 is 1.11 bits per heavy atom. The molecule has 3 heterocycles. The number of hydrogen-bond acceptors (Lipinski definition) is 8. The molecule has 2 N–H and O–H groups in total. The number of likely N-dealkylation sites (tertiary alicyclic amines) is 1. The number of benzene rings is 2. The minimum atomic E-state index is -4.44. The maximum atomic E-state index is 13.7. The topological polar surface area (TPSA) is 94.1 Å². The average Bonchev–Trinajstić information content (AvgIpc) is 3.49. The molecule has 0 amide bonds. The second-order valence-corrected chi connectivity index (χ2v) is 13.9. The van der Waals surface area contributed by atoms with E-state index in [0.29, 0.717) is 28.9 Å². The molecule has 2 aliphatic rings. The molecule has 45 heavy (non-hydrogen) atoms. The first-order chi connectivity index (χ1) is 21.2. The fourth-order valence-corrected chi connectivity index (χ4v) is 6.44. The summed E-state index contributed by atoms with van der Waals surface area (Å²) < 4.78 is 82.8. The molecular weight excluding hydrogens is 609 g/mol. The highest BCUT2D eigenvalue weighted by Gasteiger charge is 2.34. The fraction of sp³-hybridized carbons (Fsp3) is 0.500. The van der Waals surface area contributed by atoms with Crippen LogP contribution in [-0.4, -0.2) is 88.1 Å². The van der Waals surface area contributed by atoms with E-state index < -0.39 is 28.3 Å². The van der Waals surface area contributed by atoms with Crippen LogP contribution < -0.4 is 15.4 Å². The molecule has 9 nitrogen and oxygen atoms in total. The summed E-state index contributed by atoms with van der Waals surface area (Å²) in [5, 5.41) is 7.31. The maximum Gasteiger partial charge on any atom is 0.406 e. The smallest absolute Gasteiger partial charge is 0.406 e. The van der Waals surface area contributed by atoms with Gasteiger partial charge in [-0.2, -0.15) is 13.2 Å². The summed E-state index contributed by atoms with van der Waals surface area (Å²) in [7, 11) is -2.00. The van der Waals surface area contributed by atoms with E-state index in [-0.39, 0.29) is 29.3 Å². The molecule has 1 atom stereocenters. The molecule has 0 bridgehead atoms. The van der Waals surface area contributed by atoms with Crippen LogP contribution in [0.4, 0.5) is 24.5 Å². The van der Waals surface area contributed by atoms with Crippen LogP contribution in [-0.2, 0) is 25.9 Å². The van der Waals surface area contributed by atoms with E-state index >= 15 is 0 Å². The number of hydrogen-bond donors (Lipinski definition) is 2. The van der Waals surface area contributed by atoms with Crippen molar-refractivity contribution in [3.8, 4) is 17.6 Å². The summed E-state index contributed by atoms with van der Waals surface area (Å²) >= 11 is 0. The molecule has 13 heteroatoms. The van der Waals surface area contributed by atoms with Crippen molar-refractivity contribution in [3.63, 3.8) is 0 Å². The Kier molecular flexibility index (Phi) is 9.60. The zero-order valence-electron chi connectivity index (χ0n) is 25.8. The van der Waals surface area contributed by atoms with E-state index in [2.05, 4.69) is 27.4 Å². The third kappa shape index (κ3) is 8.43. The molecule has 0 radical (unpaired) electrons. The predicted octanol–water partition coefficient (Wildman–Crippen LogP) is 5.11. The standard InChI is InChI=1S/C32H39F3N4O5S/c1-31(2)43-20-24(44-31)19-38-15-12-22(13-16-38)37-27-8-5-9-29-26(27)17-23(39(29)21-32(33,34)35)7-6-14-36-28-11-10-25(45(4,40)41)18-30(28)42-3/h5,8-11,17-18,22,24,36-37H,12-16,19-21H2,1-4H3/t24-/m1/s1. The molecule has 0 unspecified atom stereocenters. The van der Waals surface area contributed by atoms with E-state index in [4.69, 9.17) is 14.2 Å². The second kappa shape index (κ2) is 13.1. The van der Waals surface area contributed by atoms with Crippen LogP contribution in [0, 0.1) is 11.8 Å². The monoisotopic (exact) mass is 648 g/mol. The number of nitrogens with zero attached hydrogens (tertiary/aromatic N) is 2. The van der Waals surface area contributed by atoms with Gasteiger partial charge in [0.25, 0.3) is 0 Å². The van der Waals surface area contributed by atoms with Crippen molar-refractivity contribution in [2.75, 3.05) is 56.8 Å². The van der Waals surface area contributed by atoms with Crippen LogP contribution in [0.15, 0.2) is 47.4 Å². The number of rotatable bonds is 9. The van der Waals surface area contributed by atoms with E-state index in [1.807, 2.05) is 19.9 Å². The Bertz CT molecular complexity index is 1690. The van der Waals surface area contributed by atoms with Crippen molar-refractivity contribution in [1.82, 2.24) is 9.47 Å². The van der Waals surface area contributed by atoms with Crippen LogP contribution in [0.25, 0.3) is 10.9 Å². The lowest BCUT2D eigenvalue weighted by molar-refractivity contribution is -0.141. The van der Waals surface area contributed by atoms with Gasteiger partial charge in [-0.15, -0.1) is 0 Å². The van der Waals surface area contributed by atoms with Gasteiger partial charge in [0.05, 0.1) is 48.2 Å². The van der Waals surface area contributed by atoms with E-state index in [1.165, 1.54) is 23.8 Å². The zero-order valence-corrected chi connectivity index (χ0v) is 26.6. The van der Waals surface area contributed by atoms with Crippen molar-refractivity contribution in [3.05, 3.63) is 48.2 Å². The van der Waals surface area contributed by atoms with Crippen LogP contribution in [0.2, 0.25) is 0 Å². The van der Waals surface area contributed by atoms with Crippen molar-refractivity contribution in [1.29, 1.82) is 0 Å². The van der Waals surface area contributed by atoms with Gasteiger partial charge in [0.2, 0.25) is 0 Å². The molecular formula is C32H39F3N4O5S. The van der Waals surface area contributed by atoms with Crippen molar-refractivity contribution in [2.24, 2.45) is 0 Å². The average molecular weight is 649 g/mol. The Labute approximate surface area is 261 Å². The lowest BCUT2D eigenvalue weighted by Gasteiger charge is -2.34. The molecule has 0 spiro atoms. The van der Waals surface area contributed by atoms with Gasteiger partial charge in [-0.1, -0.05) is 12.0 Å². The molecule has 244 valence electrons. The molecule has 2 aromatic carbocycles. The first-order valence-corrected chi connectivity index (χ1v) is 16.7. The Hall–Kier alpha value is -3.44. The Balaban J connectivity index is 1.29. The first-order valence-electron chi connectivity index (χ1n) is 14.8. The molecule has 1 aromatic heterocycles. The summed E-state index contributed by atoms with van der Waals surface area (Å²) in [5.74, 6) is 5.58. The minimum absolute atomic E-state index is 0.0452. The molecule has 5 rings (SSSR count). The number of methoxy groups -OCH3 is 1. The van der Waals surface area contributed by atoms with Gasteiger partial charge < -0.3 is 34.3 Å². The molecule has 2 aliphatic heterocycles.